The van der Waals surface area contributed by atoms with E-state index < -0.39 is 5.91 Å². The highest BCUT2D eigenvalue weighted by molar-refractivity contribution is 8.00. The van der Waals surface area contributed by atoms with E-state index in [1.165, 1.54) is 11.8 Å². The number of hydrazine groups is 1. The topological polar surface area (TPSA) is 139 Å². The summed E-state index contributed by atoms with van der Waals surface area (Å²) in [4.78, 5) is 10.7. The number of aliphatic hydroxyl groups is 1. The van der Waals surface area contributed by atoms with E-state index in [1.807, 2.05) is 0 Å². The van der Waals surface area contributed by atoms with Crippen LogP contribution in [0.15, 0.2) is 0 Å². The molecule has 1 fully saturated rings. The molecule has 1 rings (SSSR count). The summed E-state index contributed by atoms with van der Waals surface area (Å²) in [6.45, 7) is -0.107. The van der Waals surface area contributed by atoms with Gasteiger partial charge in [0, 0.05) is 12.5 Å². The summed E-state index contributed by atoms with van der Waals surface area (Å²) in [6, 6.07) is -0.732. The highest BCUT2D eigenvalue weighted by atomic mass is 32.2. The molecule has 1 aliphatic heterocycles. The van der Waals surface area contributed by atoms with Crippen molar-refractivity contribution in [2.45, 2.75) is 29.3 Å². The van der Waals surface area contributed by atoms with Gasteiger partial charge in [-0.2, -0.15) is 0 Å². The van der Waals surface area contributed by atoms with Gasteiger partial charge in [-0.25, -0.2) is 10.9 Å². The van der Waals surface area contributed by atoms with Crippen molar-refractivity contribution in [2.75, 3.05) is 6.61 Å². The van der Waals surface area contributed by atoms with E-state index in [0.29, 0.717) is 0 Å². The van der Waals surface area contributed by atoms with Gasteiger partial charge in [0.15, 0.2) is 0 Å². The summed E-state index contributed by atoms with van der Waals surface area (Å²) < 4.78 is 0. The van der Waals surface area contributed by atoms with Crippen LogP contribution in [0.3, 0.4) is 0 Å². The third-order valence-electron chi connectivity index (χ3n) is 2.09. The van der Waals surface area contributed by atoms with E-state index >= 15 is 0 Å². The summed E-state index contributed by atoms with van der Waals surface area (Å²) in [6.07, 6.45) is 0.118. The second-order valence-electron chi connectivity index (χ2n) is 3.45. The molecule has 0 aromatic carbocycles. The first kappa shape index (κ1) is 12.7. The number of nitrogens with two attached hydrogens (primary N) is 3. The van der Waals surface area contributed by atoms with Crippen LogP contribution in [0.4, 0.5) is 0 Å². The van der Waals surface area contributed by atoms with Gasteiger partial charge in [0.1, 0.15) is 0 Å². The van der Waals surface area contributed by atoms with Crippen LogP contribution in [0.2, 0.25) is 0 Å². The molecule has 0 bridgehead atoms. The lowest BCUT2D eigenvalue weighted by Crippen LogP contribution is -2.47. The lowest BCUT2D eigenvalue weighted by atomic mass is 10.2. The largest absolute Gasteiger partial charge is 0.395 e. The van der Waals surface area contributed by atoms with Crippen molar-refractivity contribution in [1.82, 2.24) is 10.9 Å². The maximum atomic E-state index is 10.7. The number of thioether (sulfide) groups is 1. The van der Waals surface area contributed by atoms with E-state index in [1.54, 1.807) is 0 Å². The fourth-order valence-electron chi connectivity index (χ4n) is 1.24. The fourth-order valence-corrected chi connectivity index (χ4v) is 2.42. The van der Waals surface area contributed by atoms with E-state index in [-0.39, 0.29) is 35.9 Å². The molecule has 7 nitrogen and oxygen atoms in total. The van der Waals surface area contributed by atoms with Crippen molar-refractivity contribution in [3.8, 4) is 0 Å². The minimum absolute atomic E-state index is 0.107. The fraction of sp³-hybridized carbons (Fsp3) is 0.857. The highest BCUT2D eigenvalue weighted by Gasteiger charge is 2.32. The number of carbonyl (C=O) groups excluding carboxylic acids is 1. The van der Waals surface area contributed by atoms with Crippen molar-refractivity contribution >= 4 is 17.7 Å². The van der Waals surface area contributed by atoms with Crippen molar-refractivity contribution in [3.63, 3.8) is 0 Å². The Bertz CT molecular complexity index is 229. The molecule has 1 heterocycles. The van der Waals surface area contributed by atoms with Crippen molar-refractivity contribution < 1.29 is 9.90 Å². The lowest BCUT2D eigenvalue weighted by molar-refractivity contribution is -0.118. The molecule has 1 amide bonds. The summed E-state index contributed by atoms with van der Waals surface area (Å²) in [5, 5.41) is 8.62. The standard InChI is InChI=1S/C7H17N5O2S/c8-3(1-5(10)14)6-11-12-7(15-6)4(9)2-13/h3-4,6-7,11-13H,1-2,8-9H2,(H2,10,14)/t3-,4-,6?,7?/m0/s1. The molecule has 0 aromatic rings. The van der Waals surface area contributed by atoms with Gasteiger partial charge < -0.3 is 22.3 Å². The molecule has 2 unspecified atom stereocenters. The third-order valence-corrected chi connectivity index (χ3v) is 3.61. The highest BCUT2D eigenvalue weighted by Crippen LogP contribution is 2.23. The third kappa shape index (κ3) is 3.59. The Morgan fingerprint density at radius 3 is 2.33 bits per heavy atom. The van der Waals surface area contributed by atoms with Crippen LogP contribution in [0, 0.1) is 0 Å². The van der Waals surface area contributed by atoms with E-state index in [4.69, 9.17) is 22.3 Å². The van der Waals surface area contributed by atoms with Crippen LogP contribution in [-0.2, 0) is 4.79 Å². The average Bonchev–Trinajstić information content (AvgIpc) is 2.64. The molecule has 4 atom stereocenters. The minimum Gasteiger partial charge on any atom is -0.395 e. The van der Waals surface area contributed by atoms with Crippen LogP contribution < -0.4 is 28.1 Å². The van der Waals surface area contributed by atoms with Crippen LogP contribution in [0.1, 0.15) is 6.42 Å². The zero-order valence-electron chi connectivity index (χ0n) is 8.22. The number of aliphatic hydroxyl groups excluding tert-OH is 1. The van der Waals surface area contributed by atoms with Crippen molar-refractivity contribution in [2.24, 2.45) is 17.2 Å². The Kier molecular flexibility index (Phi) is 4.77. The molecule has 88 valence electrons. The summed E-state index contributed by atoms with van der Waals surface area (Å²) in [7, 11) is 0. The molecule has 1 saturated heterocycles. The molecule has 0 aromatic heterocycles. The van der Waals surface area contributed by atoms with E-state index in [0.717, 1.165) is 0 Å². The van der Waals surface area contributed by atoms with E-state index in [2.05, 4.69) is 10.9 Å². The Labute approximate surface area is 92.1 Å². The molecule has 9 N–H and O–H groups in total. The first-order chi connectivity index (χ1) is 7.04. The number of nitrogens with one attached hydrogen (secondary N) is 2. The molecule has 0 aliphatic carbocycles. The van der Waals surface area contributed by atoms with Crippen molar-refractivity contribution in [3.05, 3.63) is 0 Å². The Morgan fingerprint density at radius 2 is 1.87 bits per heavy atom. The predicted octanol–water partition coefficient (Wildman–Crippen LogP) is -3.00. The first-order valence-corrected chi connectivity index (χ1v) is 5.55. The van der Waals surface area contributed by atoms with Crippen LogP contribution in [0.25, 0.3) is 0 Å². The second-order valence-corrected chi connectivity index (χ2v) is 4.73. The zero-order chi connectivity index (χ0) is 11.4. The minimum atomic E-state index is -0.431. The smallest absolute Gasteiger partial charge is 0.219 e. The Balaban J connectivity index is 2.38. The molecule has 1 aliphatic rings. The average molecular weight is 235 g/mol. The first-order valence-electron chi connectivity index (χ1n) is 4.61. The van der Waals surface area contributed by atoms with Crippen molar-refractivity contribution in [1.29, 1.82) is 0 Å². The van der Waals surface area contributed by atoms with Gasteiger partial charge in [-0.05, 0) is 0 Å². The molecule has 0 saturated carbocycles. The normalized spacial score (nSPS) is 30.1. The van der Waals surface area contributed by atoms with Gasteiger partial charge in [-0.3, -0.25) is 4.79 Å². The lowest BCUT2D eigenvalue weighted by Gasteiger charge is -2.17. The van der Waals surface area contributed by atoms with E-state index in [9.17, 15) is 4.79 Å². The number of rotatable bonds is 5. The Hall–Kier alpha value is -0.380. The maximum absolute atomic E-state index is 10.7. The van der Waals surface area contributed by atoms with Gasteiger partial charge in [-0.15, -0.1) is 11.8 Å². The summed E-state index contributed by atoms with van der Waals surface area (Å²) in [5.74, 6) is -0.431. The SMILES string of the molecule is NC(=O)C[C@H](N)C1NNC([C@@H](N)CO)S1. The maximum Gasteiger partial charge on any atom is 0.219 e. The Morgan fingerprint density at radius 1 is 1.33 bits per heavy atom. The van der Waals surface area contributed by atoms with Gasteiger partial charge >= 0.3 is 0 Å². The van der Waals surface area contributed by atoms with Crippen LogP contribution in [-0.4, -0.2) is 40.5 Å². The number of primary amides is 1. The second kappa shape index (κ2) is 5.64. The van der Waals surface area contributed by atoms with Gasteiger partial charge in [-0.1, -0.05) is 0 Å². The molecular weight excluding hydrogens is 218 g/mol. The van der Waals surface area contributed by atoms with Gasteiger partial charge in [0.2, 0.25) is 5.91 Å². The number of amides is 1. The van der Waals surface area contributed by atoms with Gasteiger partial charge in [0.25, 0.3) is 0 Å². The number of hydrogen-bond acceptors (Lipinski definition) is 7. The molecular formula is C7H17N5O2S. The monoisotopic (exact) mass is 235 g/mol. The predicted molar refractivity (Wildman–Crippen MR) is 58.3 cm³/mol. The summed E-state index contributed by atoms with van der Waals surface area (Å²) >= 11 is 1.45. The quantitative estimate of drug-likeness (QED) is 0.298. The van der Waals surface area contributed by atoms with Gasteiger partial charge in [0.05, 0.1) is 23.4 Å². The zero-order valence-corrected chi connectivity index (χ0v) is 9.04. The number of carbonyl (C=O) groups is 1. The van der Waals surface area contributed by atoms with Crippen LogP contribution in [0.5, 0.6) is 0 Å². The van der Waals surface area contributed by atoms with Crippen LogP contribution >= 0.6 is 11.8 Å². The number of hydrogen-bond donors (Lipinski definition) is 6. The molecule has 0 spiro atoms. The molecule has 8 heteroatoms. The summed E-state index contributed by atoms with van der Waals surface area (Å²) in [5.41, 5.74) is 22.3. The molecule has 0 radical (unpaired) electrons. The molecule has 15 heavy (non-hydrogen) atoms.